The molecule has 6 amide bonds. The fourth-order valence-corrected chi connectivity index (χ4v) is 7.09. The summed E-state index contributed by atoms with van der Waals surface area (Å²) in [4.78, 5) is 102. The number of rotatable bonds is 48. The molecule has 0 aliphatic rings. The highest BCUT2D eigenvalue weighted by Gasteiger charge is 2.30. The number of aryl methyl sites for hydroxylation is 1. The third-order valence-corrected chi connectivity index (χ3v) is 11.8. The first-order valence-electron chi connectivity index (χ1n) is 28.2. The van der Waals surface area contributed by atoms with Crippen molar-refractivity contribution in [1.82, 2.24) is 26.6 Å². The number of carbonyl (C=O) groups is 8. The minimum absolute atomic E-state index is 0.0726. The van der Waals surface area contributed by atoms with Crippen molar-refractivity contribution >= 4 is 53.3 Å². The van der Waals surface area contributed by atoms with Gasteiger partial charge in [0.2, 0.25) is 35.4 Å². The molecule has 0 unspecified atom stereocenters. The minimum atomic E-state index is -1.08. The van der Waals surface area contributed by atoms with Gasteiger partial charge in [-0.05, 0) is 81.7 Å². The van der Waals surface area contributed by atoms with Crippen LogP contribution in [0.5, 0.6) is 5.75 Å². The Morgan fingerprint density at radius 3 is 1.61 bits per heavy atom. The molecule has 2 rings (SSSR count). The van der Waals surface area contributed by atoms with E-state index in [1.807, 2.05) is 6.92 Å². The van der Waals surface area contributed by atoms with Crippen LogP contribution in [0.1, 0.15) is 83.3 Å². The molecule has 25 nitrogen and oxygen atoms in total. The second kappa shape index (κ2) is 46.9. The first-order chi connectivity index (χ1) is 40.1. The van der Waals surface area contributed by atoms with E-state index in [-0.39, 0.29) is 38.4 Å². The first kappa shape index (κ1) is 72.5. The summed E-state index contributed by atoms with van der Waals surface area (Å²) in [6.45, 7) is 13.8. The lowest BCUT2D eigenvalue weighted by Gasteiger charge is -2.26. The smallest absolute Gasteiger partial charge is 0.466 e. The maximum absolute atomic E-state index is 13.9. The van der Waals surface area contributed by atoms with Gasteiger partial charge >= 0.3 is 12.1 Å². The zero-order valence-electron chi connectivity index (χ0n) is 49.2. The van der Waals surface area contributed by atoms with E-state index in [9.17, 15) is 38.4 Å². The van der Waals surface area contributed by atoms with Crippen molar-refractivity contribution in [3.63, 3.8) is 0 Å². The van der Waals surface area contributed by atoms with Gasteiger partial charge in [-0.15, -0.1) is 0 Å². The van der Waals surface area contributed by atoms with Gasteiger partial charge in [-0.3, -0.25) is 28.8 Å². The molecule has 0 heterocycles. The van der Waals surface area contributed by atoms with Crippen LogP contribution >= 0.6 is 0 Å². The van der Waals surface area contributed by atoms with Crippen LogP contribution in [0, 0.1) is 12.8 Å². The van der Waals surface area contributed by atoms with E-state index in [0.29, 0.717) is 155 Å². The topological polar surface area (TPSA) is 310 Å². The van der Waals surface area contributed by atoms with E-state index in [1.165, 1.54) is 14.0 Å². The summed E-state index contributed by atoms with van der Waals surface area (Å²) in [6.07, 6.45) is 4.10. The molecular formula is C58H90N6O19. The number of methoxy groups -OCH3 is 2. The molecule has 0 aliphatic heterocycles. The zero-order valence-corrected chi connectivity index (χ0v) is 49.2. The number of carbonyl (C=O) groups excluding carboxylic acids is 8. The van der Waals surface area contributed by atoms with Crippen molar-refractivity contribution in [2.24, 2.45) is 5.92 Å². The van der Waals surface area contributed by atoms with E-state index >= 15 is 0 Å². The number of unbranched alkanes of at least 4 members (excludes halogenated alkanes) is 3. The van der Waals surface area contributed by atoms with Gasteiger partial charge in [-0.2, -0.15) is 0 Å². The van der Waals surface area contributed by atoms with Crippen molar-refractivity contribution in [2.45, 2.75) is 104 Å². The van der Waals surface area contributed by atoms with Crippen LogP contribution in [0.3, 0.4) is 0 Å². The highest BCUT2D eigenvalue weighted by Crippen LogP contribution is 2.15. The highest BCUT2D eigenvalue weighted by atomic mass is 16.7. The maximum Gasteiger partial charge on any atom is 0.514 e. The molecule has 0 aromatic heterocycles. The van der Waals surface area contributed by atoms with E-state index in [4.69, 9.17) is 47.4 Å². The van der Waals surface area contributed by atoms with Crippen LogP contribution in [-0.4, -0.2) is 192 Å². The van der Waals surface area contributed by atoms with Crippen LogP contribution in [0.15, 0.2) is 60.7 Å². The summed E-state index contributed by atoms with van der Waals surface area (Å²) < 4.78 is 58.0. The van der Waals surface area contributed by atoms with Gasteiger partial charge in [0.05, 0.1) is 106 Å². The average Bonchev–Trinajstić information content (AvgIpc) is 3.49. The second-order valence-electron chi connectivity index (χ2n) is 19.1. The Morgan fingerprint density at radius 1 is 0.518 bits per heavy atom. The summed E-state index contributed by atoms with van der Waals surface area (Å²) in [5.74, 6) is -3.55. The molecule has 3 atom stereocenters. The fraction of sp³-hybridized carbons (Fsp3) is 0.621. The lowest BCUT2D eigenvalue weighted by atomic mass is 10.0. The Labute approximate surface area is 487 Å². The number of anilines is 1. The Balaban J connectivity index is 1.76. The number of esters is 1. The number of hydrogen-bond donors (Lipinski definition) is 6. The SMILES string of the molecule is COCCOCCOCCOCCOCCOCCOCCOCCC(=O)NCCCC[C@H](NC(=O)CCCCCNC(=O)/C=C\C(=O)OC)C(=O)N[C@H](C(=O)N[C@@H](C)C(=O)Nc1ccc(COC(=O)Oc2ccc(C)cc2)cc1)C(C)C. The molecule has 2 aromatic carbocycles. The van der Waals surface area contributed by atoms with Gasteiger partial charge in [0.15, 0.2) is 0 Å². The number of nitrogens with one attached hydrogen (secondary N) is 6. The fourth-order valence-electron chi connectivity index (χ4n) is 7.09. The van der Waals surface area contributed by atoms with Crippen molar-refractivity contribution in [3.8, 4) is 5.75 Å². The molecule has 0 saturated carbocycles. The summed E-state index contributed by atoms with van der Waals surface area (Å²) in [5.41, 5.74) is 2.07. The molecule has 466 valence electrons. The van der Waals surface area contributed by atoms with Crippen LogP contribution in [0.25, 0.3) is 0 Å². The molecule has 6 N–H and O–H groups in total. The molecule has 0 spiro atoms. The van der Waals surface area contributed by atoms with Crippen molar-refractivity contribution < 1.29 is 90.5 Å². The zero-order chi connectivity index (χ0) is 60.7. The van der Waals surface area contributed by atoms with Crippen LogP contribution in [-0.2, 0) is 87.5 Å². The van der Waals surface area contributed by atoms with E-state index in [0.717, 1.165) is 17.7 Å². The van der Waals surface area contributed by atoms with Gasteiger partial charge in [0.1, 0.15) is 30.5 Å². The Hall–Kier alpha value is -6.58. The molecule has 83 heavy (non-hydrogen) atoms. The van der Waals surface area contributed by atoms with Gasteiger partial charge in [-0.1, -0.05) is 50.1 Å². The van der Waals surface area contributed by atoms with Gasteiger partial charge in [0, 0.05) is 50.9 Å². The monoisotopic (exact) mass is 1170 g/mol. The lowest BCUT2D eigenvalue weighted by molar-refractivity contribution is -0.135. The van der Waals surface area contributed by atoms with Crippen molar-refractivity contribution in [2.75, 3.05) is 132 Å². The molecule has 0 fully saturated rings. The quantitative estimate of drug-likeness (QED) is 0.0239. The number of hydrogen-bond acceptors (Lipinski definition) is 19. The Morgan fingerprint density at radius 2 is 1.06 bits per heavy atom. The van der Waals surface area contributed by atoms with Crippen molar-refractivity contribution in [1.29, 1.82) is 0 Å². The molecule has 0 saturated heterocycles. The van der Waals surface area contributed by atoms with Gasteiger partial charge in [-0.25, -0.2) is 9.59 Å². The summed E-state index contributed by atoms with van der Waals surface area (Å²) in [6, 6.07) is 10.3. The molecule has 25 heteroatoms. The largest absolute Gasteiger partial charge is 0.514 e. The van der Waals surface area contributed by atoms with E-state index in [2.05, 4.69) is 36.6 Å². The maximum atomic E-state index is 13.9. The van der Waals surface area contributed by atoms with Gasteiger partial charge in [0.25, 0.3) is 0 Å². The Bertz CT molecular complexity index is 2180. The third kappa shape index (κ3) is 38.0. The summed E-state index contributed by atoms with van der Waals surface area (Å²) in [7, 11) is 2.83. The Kier molecular flexibility index (Phi) is 40.9. The normalized spacial score (nSPS) is 12.2. The van der Waals surface area contributed by atoms with Crippen LogP contribution in [0.4, 0.5) is 10.5 Å². The predicted molar refractivity (Wildman–Crippen MR) is 305 cm³/mol. The van der Waals surface area contributed by atoms with Crippen LogP contribution < -0.4 is 36.6 Å². The number of amides is 6. The van der Waals surface area contributed by atoms with Crippen molar-refractivity contribution in [3.05, 3.63) is 71.8 Å². The molecule has 0 radical (unpaired) electrons. The molecule has 0 bridgehead atoms. The molecular weight excluding hydrogens is 1080 g/mol. The molecule has 2 aromatic rings. The second-order valence-corrected chi connectivity index (χ2v) is 19.1. The lowest BCUT2D eigenvalue weighted by Crippen LogP contribution is -2.57. The number of benzene rings is 2. The highest BCUT2D eigenvalue weighted by molar-refractivity contribution is 5.99. The van der Waals surface area contributed by atoms with E-state index < -0.39 is 65.7 Å². The average molecular weight is 1180 g/mol. The van der Waals surface area contributed by atoms with E-state index in [1.54, 1.807) is 69.5 Å². The minimum Gasteiger partial charge on any atom is -0.466 e. The summed E-state index contributed by atoms with van der Waals surface area (Å²) in [5, 5.41) is 16.5. The third-order valence-electron chi connectivity index (χ3n) is 11.8. The van der Waals surface area contributed by atoms with Gasteiger partial charge < -0.3 is 84.0 Å². The van der Waals surface area contributed by atoms with Crippen LogP contribution in [0.2, 0.25) is 0 Å². The first-order valence-corrected chi connectivity index (χ1v) is 28.2. The summed E-state index contributed by atoms with van der Waals surface area (Å²) >= 11 is 0. The molecule has 0 aliphatic carbocycles. The standard InChI is InChI=1S/C58H90N6O19/c1-43(2)54(57(71)61-45(4)55(69)62-47-18-16-46(17-19-47)42-82-58(72)83-48-20-14-44(3)15-21-48)64-56(70)49(63-52(67)13-8-7-10-25-59-50(65)22-23-53(68)74-6)12-9-11-26-60-51(66)24-27-75-30-31-77-34-35-79-38-39-81-41-40-80-37-36-78-33-32-76-29-28-73-5/h14-23,43,45,49,54H,7-13,24-42H2,1-6H3,(H,59,65)(H,60,66)(H,61,71)(H,62,69)(H,63,67)(H,64,70)/b23-22-/t45-,49-,54-/m0/s1. The predicted octanol–water partition coefficient (Wildman–Crippen LogP) is 3.62. The number of ether oxygens (including phenoxy) is 11.